The molecule has 3 aromatic rings. The van der Waals surface area contributed by atoms with Gasteiger partial charge in [0.2, 0.25) is 0 Å². The van der Waals surface area contributed by atoms with Gasteiger partial charge in [0.25, 0.3) is 5.91 Å². The molecule has 0 spiro atoms. The monoisotopic (exact) mass is 383 g/mol. The number of carbonyl (C=O) groups is 1. The molecule has 0 aliphatic heterocycles. The van der Waals surface area contributed by atoms with E-state index in [-0.39, 0.29) is 12.5 Å². The summed E-state index contributed by atoms with van der Waals surface area (Å²) in [5, 5.41) is 15.3. The van der Waals surface area contributed by atoms with E-state index in [0.29, 0.717) is 40.6 Å². The van der Waals surface area contributed by atoms with Crippen molar-refractivity contribution in [1.82, 2.24) is 20.3 Å². The Hall–Kier alpha value is -3.03. The Balaban J connectivity index is 1.78. The molecule has 2 heterocycles. The smallest absolute Gasteiger partial charge is 0.252 e. The molecule has 7 nitrogen and oxygen atoms in total. The summed E-state index contributed by atoms with van der Waals surface area (Å²) in [5.41, 5.74) is 2.47. The maximum Gasteiger partial charge on any atom is 0.252 e. The van der Waals surface area contributed by atoms with E-state index in [1.165, 1.54) is 6.20 Å². The van der Waals surface area contributed by atoms with Gasteiger partial charge in [0.1, 0.15) is 5.82 Å². The van der Waals surface area contributed by atoms with Crippen molar-refractivity contribution >= 4 is 29.0 Å². The third-order valence-corrected chi connectivity index (χ3v) is 3.88. The van der Waals surface area contributed by atoms with E-state index in [1.807, 2.05) is 12.1 Å². The van der Waals surface area contributed by atoms with Crippen LogP contribution in [0.1, 0.15) is 16.8 Å². The second kappa shape index (κ2) is 9.07. The van der Waals surface area contributed by atoms with Crippen LogP contribution in [0.15, 0.2) is 55.1 Å². The first-order valence-corrected chi connectivity index (χ1v) is 8.72. The Morgan fingerprint density at radius 1 is 1.11 bits per heavy atom. The van der Waals surface area contributed by atoms with E-state index >= 15 is 0 Å². The van der Waals surface area contributed by atoms with E-state index in [0.717, 1.165) is 5.69 Å². The highest BCUT2D eigenvalue weighted by atomic mass is 35.5. The number of hydrogen-bond acceptors (Lipinski definition) is 6. The van der Waals surface area contributed by atoms with Crippen LogP contribution in [-0.4, -0.2) is 39.1 Å². The maximum absolute atomic E-state index is 12.1. The van der Waals surface area contributed by atoms with Gasteiger partial charge in [0.15, 0.2) is 0 Å². The van der Waals surface area contributed by atoms with Gasteiger partial charge in [0.05, 0.1) is 23.7 Å². The van der Waals surface area contributed by atoms with Gasteiger partial charge >= 0.3 is 0 Å². The summed E-state index contributed by atoms with van der Waals surface area (Å²) in [5.74, 6) is 0.298. The van der Waals surface area contributed by atoms with E-state index < -0.39 is 0 Å². The van der Waals surface area contributed by atoms with Gasteiger partial charge in [-0.15, -0.1) is 0 Å². The van der Waals surface area contributed by atoms with Crippen LogP contribution in [0.25, 0.3) is 11.3 Å². The second-order valence-electron chi connectivity index (χ2n) is 5.72. The molecule has 0 bridgehead atoms. The summed E-state index contributed by atoms with van der Waals surface area (Å²) in [7, 11) is 0. The molecular formula is C19H18ClN5O2. The number of hydrogen-bond donors (Lipinski definition) is 3. The highest BCUT2D eigenvalue weighted by Crippen LogP contribution is 2.21. The van der Waals surface area contributed by atoms with Crippen molar-refractivity contribution in [3.05, 3.63) is 65.7 Å². The lowest BCUT2D eigenvalue weighted by atomic mass is 10.1. The first-order chi connectivity index (χ1) is 13.2. The molecule has 0 radical (unpaired) electrons. The third-order valence-electron chi connectivity index (χ3n) is 3.65. The van der Waals surface area contributed by atoms with Crippen molar-refractivity contribution in [2.45, 2.75) is 6.42 Å². The Morgan fingerprint density at radius 3 is 2.78 bits per heavy atom. The topological polar surface area (TPSA) is 100 Å². The van der Waals surface area contributed by atoms with Crippen molar-refractivity contribution in [3.63, 3.8) is 0 Å². The SMILES string of the molecule is O=C(NCCCO)c1cncc(-c2cncc(Nc3cccc(Cl)c3)n2)c1. The van der Waals surface area contributed by atoms with Crippen molar-refractivity contribution in [2.75, 3.05) is 18.5 Å². The fourth-order valence-corrected chi connectivity index (χ4v) is 2.56. The molecule has 8 heteroatoms. The first-order valence-electron chi connectivity index (χ1n) is 8.35. The van der Waals surface area contributed by atoms with Crippen LogP contribution in [0.3, 0.4) is 0 Å². The lowest BCUT2D eigenvalue weighted by molar-refractivity contribution is 0.0951. The van der Waals surface area contributed by atoms with Gasteiger partial charge in [-0.25, -0.2) is 4.98 Å². The molecule has 2 aromatic heterocycles. The Kier molecular flexibility index (Phi) is 6.30. The van der Waals surface area contributed by atoms with E-state index in [2.05, 4.69) is 25.6 Å². The average molecular weight is 384 g/mol. The molecule has 0 saturated carbocycles. The van der Waals surface area contributed by atoms with Gasteiger partial charge in [-0.1, -0.05) is 17.7 Å². The fourth-order valence-electron chi connectivity index (χ4n) is 2.37. The number of nitrogens with one attached hydrogen (secondary N) is 2. The van der Waals surface area contributed by atoms with Crippen molar-refractivity contribution in [1.29, 1.82) is 0 Å². The van der Waals surface area contributed by atoms with Crippen molar-refractivity contribution < 1.29 is 9.90 Å². The fraction of sp³-hybridized carbons (Fsp3) is 0.158. The Labute approximate surface area is 161 Å². The molecule has 27 heavy (non-hydrogen) atoms. The summed E-state index contributed by atoms with van der Waals surface area (Å²) in [6.07, 6.45) is 6.81. The molecule has 3 rings (SSSR count). The molecule has 0 atom stereocenters. The van der Waals surface area contributed by atoms with Crippen molar-refractivity contribution in [2.24, 2.45) is 0 Å². The number of carbonyl (C=O) groups excluding carboxylic acids is 1. The predicted molar refractivity (Wildman–Crippen MR) is 104 cm³/mol. The number of amides is 1. The summed E-state index contributed by atoms with van der Waals surface area (Å²) < 4.78 is 0. The number of benzene rings is 1. The lowest BCUT2D eigenvalue weighted by Crippen LogP contribution is -2.25. The largest absolute Gasteiger partial charge is 0.396 e. The highest BCUT2D eigenvalue weighted by Gasteiger charge is 2.09. The Morgan fingerprint density at radius 2 is 1.96 bits per heavy atom. The summed E-state index contributed by atoms with van der Waals surface area (Å²) >= 11 is 5.99. The number of aromatic nitrogens is 3. The van der Waals surface area contributed by atoms with Gasteiger partial charge < -0.3 is 15.7 Å². The molecule has 0 fully saturated rings. The van der Waals surface area contributed by atoms with Crippen LogP contribution in [0.5, 0.6) is 0 Å². The number of rotatable bonds is 7. The molecular weight excluding hydrogens is 366 g/mol. The second-order valence-corrected chi connectivity index (χ2v) is 6.16. The molecule has 0 aliphatic rings. The van der Waals surface area contributed by atoms with Gasteiger partial charge in [-0.3, -0.25) is 14.8 Å². The molecule has 1 aromatic carbocycles. The third kappa shape index (κ3) is 5.22. The predicted octanol–water partition coefficient (Wildman–Crippen LogP) is 3.05. The molecule has 0 unspecified atom stereocenters. The number of aliphatic hydroxyl groups excluding tert-OH is 1. The summed E-state index contributed by atoms with van der Waals surface area (Å²) in [4.78, 5) is 25.0. The Bertz CT molecular complexity index is 935. The quantitative estimate of drug-likeness (QED) is 0.542. The van der Waals surface area contributed by atoms with Crippen molar-refractivity contribution in [3.8, 4) is 11.3 Å². The maximum atomic E-state index is 12.1. The zero-order valence-corrected chi connectivity index (χ0v) is 15.1. The molecule has 3 N–H and O–H groups in total. The van der Waals surface area contributed by atoms with Crippen LogP contribution in [0.2, 0.25) is 5.02 Å². The molecule has 0 aliphatic carbocycles. The number of anilines is 2. The summed E-state index contributed by atoms with van der Waals surface area (Å²) in [6, 6.07) is 8.99. The zero-order chi connectivity index (χ0) is 19.1. The molecule has 0 saturated heterocycles. The normalized spacial score (nSPS) is 10.4. The van der Waals surface area contributed by atoms with E-state index in [9.17, 15) is 4.79 Å². The van der Waals surface area contributed by atoms with Crippen LogP contribution in [-0.2, 0) is 0 Å². The number of aliphatic hydroxyl groups is 1. The van der Waals surface area contributed by atoms with Gasteiger partial charge in [-0.2, -0.15) is 0 Å². The minimum absolute atomic E-state index is 0.0284. The van der Waals surface area contributed by atoms with Gasteiger partial charge in [0, 0.05) is 41.8 Å². The first kappa shape index (κ1) is 18.8. The highest BCUT2D eigenvalue weighted by molar-refractivity contribution is 6.30. The lowest BCUT2D eigenvalue weighted by Gasteiger charge is -2.08. The molecule has 138 valence electrons. The molecule has 1 amide bonds. The van der Waals surface area contributed by atoms with Crippen LogP contribution in [0, 0.1) is 0 Å². The summed E-state index contributed by atoms with van der Waals surface area (Å²) in [6.45, 7) is 0.430. The average Bonchev–Trinajstić information content (AvgIpc) is 2.68. The van der Waals surface area contributed by atoms with E-state index in [4.69, 9.17) is 16.7 Å². The van der Waals surface area contributed by atoms with Crippen LogP contribution in [0.4, 0.5) is 11.5 Å². The minimum atomic E-state index is -0.251. The zero-order valence-electron chi connectivity index (χ0n) is 14.4. The number of pyridine rings is 1. The van der Waals surface area contributed by atoms with Crippen LogP contribution < -0.4 is 10.6 Å². The number of halogens is 1. The minimum Gasteiger partial charge on any atom is -0.396 e. The standard InChI is InChI=1S/C19H18ClN5O2/c20-15-3-1-4-16(8-15)24-18-12-22-11-17(25-18)13-7-14(10-21-9-13)19(27)23-5-2-6-26/h1,3-4,7-12,26H,2,5-6H2,(H,23,27)(H,24,25). The number of nitrogens with zero attached hydrogens (tertiary/aromatic N) is 3. The van der Waals surface area contributed by atoms with Crippen LogP contribution >= 0.6 is 11.6 Å². The van der Waals surface area contributed by atoms with E-state index in [1.54, 1.807) is 36.8 Å². The van der Waals surface area contributed by atoms with Gasteiger partial charge in [-0.05, 0) is 30.7 Å².